The number of ether oxygens (including phenoxy) is 2. The molecule has 1 heterocycles. The monoisotopic (exact) mass is 378 g/mol. The van der Waals surface area contributed by atoms with Crippen LogP contribution in [-0.4, -0.2) is 37.3 Å². The summed E-state index contributed by atoms with van der Waals surface area (Å²) in [6.45, 7) is 2.06. The molecule has 6 nitrogen and oxygen atoms in total. The Morgan fingerprint density at radius 2 is 1.68 bits per heavy atom. The molecule has 3 aromatic rings. The number of nitrogens with zero attached hydrogens (tertiary/aromatic N) is 2. The topological polar surface area (TPSA) is 68.3 Å². The van der Waals surface area contributed by atoms with E-state index in [2.05, 4.69) is 20.6 Å². The van der Waals surface area contributed by atoms with Gasteiger partial charge in [0.05, 0.1) is 12.8 Å². The van der Waals surface area contributed by atoms with E-state index in [1.54, 1.807) is 14.2 Å². The molecule has 0 amide bonds. The molecule has 0 unspecified atom stereocenters. The predicted molar refractivity (Wildman–Crippen MR) is 113 cm³/mol. The Hall–Kier alpha value is -3.12. The minimum atomic E-state index is 0.597. The van der Waals surface area contributed by atoms with E-state index in [1.807, 2.05) is 60.7 Å². The van der Waals surface area contributed by atoms with Crippen molar-refractivity contribution in [3.05, 3.63) is 66.2 Å². The van der Waals surface area contributed by atoms with Crippen LogP contribution in [0, 0.1) is 0 Å². The summed E-state index contributed by atoms with van der Waals surface area (Å²) in [6.07, 6.45) is 0.888. The quantitative estimate of drug-likeness (QED) is 0.515. The Balaban J connectivity index is 1.80. The van der Waals surface area contributed by atoms with Crippen molar-refractivity contribution in [1.82, 2.24) is 9.97 Å². The second kappa shape index (κ2) is 10.3. The molecule has 2 N–H and O–H groups in total. The van der Waals surface area contributed by atoms with Crippen LogP contribution in [0.5, 0.6) is 5.75 Å². The summed E-state index contributed by atoms with van der Waals surface area (Å²) in [5.41, 5.74) is 2.98. The van der Waals surface area contributed by atoms with E-state index >= 15 is 0 Å². The summed E-state index contributed by atoms with van der Waals surface area (Å²) < 4.78 is 10.5. The van der Waals surface area contributed by atoms with Gasteiger partial charge in [-0.2, -0.15) is 4.98 Å². The molecule has 3 rings (SSSR count). The van der Waals surface area contributed by atoms with E-state index in [0.29, 0.717) is 19.1 Å². The molecular formula is C22H26N4O2. The van der Waals surface area contributed by atoms with Crippen molar-refractivity contribution in [1.29, 1.82) is 0 Å². The van der Waals surface area contributed by atoms with Crippen molar-refractivity contribution < 1.29 is 9.47 Å². The molecule has 2 aromatic carbocycles. The second-order valence-electron chi connectivity index (χ2n) is 6.27. The fourth-order valence-electron chi connectivity index (χ4n) is 2.83. The van der Waals surface area contributed by atoms with Crippen LogP contribution < -0.4 is 15.4 Å². The van der Waals surface area contributed by atoms with E-state index < -0.39 is 0 Å². The highest BCUT2D eigenvalue weighted by Gasteiger charge is 2.08. The minimum Gasteiger partial charge on any atom is -0.496 e. The first-order valence-electron chi connectivity index (χ1n) is 9.33. The third-order valence-electron chi connectivity index (χ3n) is 4.26. The van der Waals surface area contributed by atoms with Gasteiger partial charge in [-0.1, -0.05) is 48.5 Å². The molecule has 0 aliphatic rings. The number of methoxy groups -OCH3 is 2. The average Bonchev–Trinajstić information content (AvgIpc) is 2.76. The highest BCUT2D eigenvalue weighted by molar-refractivity contribution is 5.64. The summed E-state index contributed by atoms with van der Waals surface area (Å²) in [7, 11) is 3.38. The van der Waals surface area contributed by atoms with Gasteiger partial charge in [-0.25, -0.2) is 4.98 Å². The number of para-hydroxylation sites is 1. The lowest BCUT2D eigenvalue weighted by Gasteiger charge is -2.13. The molecule has 146 valence electrons. The summed E-state index contributed by atoms with van der Waals surface area (Å²) in [6, 6.07) is 20.0. The molecule has 0 bridgehead atoms. The average molecular weight is 378 g/mol. The highest BCUT2D eigenvalue weighted by atomic mass is 16.5. The lowest BCUT2D eigenvalue weighted by atomic mass is 10.1. The van der Waals surface area contributed by atoms with Crippen LogP contribution in [0.3, 0.4) is 0 Å². The first-order chi connectivity index (χ1) is 13.8. The summed E-state index contributed by atoms with van der Waals surface area (Å²) in [4.78, 5) is 9.27. The molecule has 1 aromatic heterocycles. The van der Waals surface area contributed by atoms with Crippen LogP contribution in [0.15, 0.2) is 60.7 Å². The second-order valence-corrected chi connectivity index (χ2v) is 6.27. The molecule has 0 radical (unpaired) electrons. The number of hydrogen-bond acceptors (Lipinski definition) is 6. The van der Waals surface area contributed by atoms with Gasteiger partial charge in [-0.3, -0.25) is 0 Å². The molecule has 0 aliphatic heterocycles. The zero-order chi connectivity index (χ0) is 19.6. The highest BCUT2D eigenvalue weighted by Crippen LogP contribution is 2.23. The summed E-state index contributed by atoms with van der Waals surface area (Å²) in [5.74, 6) is 2.21. The van der Waals surface area contributed by atoms with Crippen LogP contribution >= 0.6 is 0 Å². The van der Waals surface area contributed by atoms with Gasteiger partial charge in [0, 0.05) is 44.0 Å². The largest absolute Gasteiger partial charge is 0.496 e. The number of hydrogen-bond donors (Lipinski definition) is 2. The Kier molecular flexibility index (Phi) is 7.21. The summed E-state index contributed by atoms with van der Waals surface area (Å²) >= 11 is 0. The lowest BCUT2D eigenvalue weighted by molar-refractivity contribution is 0.197. The van der Waals surface area contributed by atoms with Crippen LogP contribution in [0.2, 0.25) is 0 Å². The Labute approximate surface area is 166 Å². The van der Waals surface area contributed by atoms with Gasteiger partial charge in [-0.15, -0.1) is 0 Å². The minimum absolute atomic E-state index is 0.597. The molecule has 0 atom stereocenters. The summed E-state index contributed by atoms with van der Waals surface area (Å²) in [5, 5.41) is 6.68. The molecule has 0 aliphatic carbocycles. The maximum atomic E-state index is 5.43. The van der Waals surface area contributed by atoms with E-state index in [0.717, 1.165) is 41.4 Å². The molecule has 0 spiro atoms. The molecule has 6 heteroatoms. The van der Waals surface area contributed by atoms with E-state index in [1.165, 1.54) is 0 Å². The standard InChI is InChI=1S/C22H26N4O2/c1-27-14-8-13-23-22-25-19(17-9-4-3-5-10-17)15-21(26-22)24-16-18-11-6-7-12-20(18)28-2/h3-7,9-12,15H,8,13-14,16H2,1-2H3,(H2,23,24,25,26). The fourth-order valence-corrected chi connectivity index (χ4v) is 2.83. The normalized spacial score (nSPS) is 10.5. The third kappa shape index (κ3) is 5.44. The van der Waals surface area contributed by atoms with Gasteiger partial charge in [0.1, 0.15) is 11.6 Å². The van der Waals surface area contributed by atoms with Crippen molar-refractivity contribution >= 4 is 11.8 Å². The van der Waals surface area contributed by atoms with Crippen LogP contribution in [0.1, 0.15) is 12.0 Å². The van der Waals surface area contributed by atoms with Gasteiger partial charge in [0.15, 0.2) is 0 Å². The predicted octanol–water partition coefficient (Wildman–Crippen LogP) is 4.21. The first-order valence-corrected chi connectivity index (χ1v) is 9.33. The Morgan fingerprint density at radius 3 is 2.46 bits per heavy atom. The maximum absolute atomic E-state index is 5.43. The van der Waals surface area contributed by atoms with Gasteiger partial charge in [0.2, 0.25) is 5.95 Å². The van der Waals surface area contributed by atoms with E-state index in [4.69, 9.17) is 9.47 Å². The van der Waals surface area contributed by atoms with Crippen molar-refractivity contribution in [2.75, 3.05) is 38.0 Å². The first kappa shape index (κ1) is 19.6. The van der Waals surface area contributed by atoms with Crippen molar-refractivity contribution in [2.45, 2.75) is 13.0 Å². The molecular weight excluding hydrogens is 352 g/mol. The van der Waals surface area contributed by atoms with Crippen LogP contribution in [0.4, 0.5) is 11.8 Å². The number of benzene rings is 2. The molecule has 0 saturated heterocycles. The third-order valence-corrected chi connectivity index (χ3v) is 4.26. The number of nitrogens with one attached hydrogen (secondary N) is 2. The van der Waals surface area contributed by atoms with Crippen molar-refractivity contribution in [2.24, 2.45) is 0 Å². The number of rotatable bonds is 10. The van der Waals surface area contributed by atoms with Gasteiger partial charge in [-0.05, 0) is 12.5 Å². The van der Waals surface area contributed by atoms with Crippen molar-refractivity contribution in [3.8, 4) is 17.0 Å². The Morgan fingerprint density at radius 1 is 0.893 bits per heavy atom. The molecule has 0 saturated carbocycles. The fraction of sp³-hybridized carbons (Fsp3) is 0.273. The molecule has 28 heavy (non-hydrogen) atoms. The maximum Gasteiger partial charge on any atom is 0.225 e. The van der Waals surface area contributed by atoms with Gasteiger partial charge >= 0.3 is 0 Å². The SMILES string of the molecule is COCCCNc1nc(NCc2ccccc2OC)cc(-c2ccccc2)n1. The van der Waals surface area contributed by atoms with E-state index in [-0.39, 0.29) is 0 Å². The number of anilines is 2. The molecule has 0 fully saturated rings. The van der Waals surface area contributed by atoms with Crippen LogP contribution in [0.25, 0.3) is 11.3 Å². The van der Waals surface area contributed by atoms with E-state index in [9.17, 15) is 0 Å². The Bertz CT molecular complexity index is 871. The van der Waals surface area contributed by atoms with Gasteiger partial charge in [0.25, 0.3) is 0 Å². The zero-order valence-electron chi connectivity index (χ0n) is 16.3. The number of aromatic nitrogens is 2. The zero-order valence-corrected chi connectivity index (χ0v) is 16.3. The van der Waals surface area contributed by atoms with Gasteiger partial charge < -0.3 is 20.1 Å². The smallest absolute Gasteiger partial charge is 0.225 e. The lowest BCUT2D eigenvalue weighted by Crippen LogP contribution is -2.10. The van der Waals surface area contributed by atoms with Crippen molar-refractivity contribution in [3.63, 3.8) is 0 Å². The van der Waals surface area contributed by atoms with Crippen LogP contribution in [-0.2, 0) is 11.3 Å².